The fourth-order valence-electron chi connectivity index (χ4n) is 5.45. The van der Waals surface area contributed by atoms with Crippen LogP contribution in [0.5, 0.6) is 11.5 Å². The van der Waals surface area contributed by atoms with Crippen LogP contribution in [0.4, 0.5) is 11.4 Å². The lowest BCUT2D eigenvalue weighted by Crippen LogP contribution is -2.50. The Balaban J connectivity index is 1.77. The van der Waals surface area contributed by atoms with Gasteiger partial charge in [-0.15, -0.1) is 0 Å². The molecule has 0 bridgehead atoms. The first-order valence-electron chi connectivity index (χ1n) is 11.9. The predicted molar refractivity (Wildman–Crippen MR) is 145 cm³/mol. The van der Waals surface area contributed by atoms with E-state index in [0.29, 0.717) is 44.0 Å². The third-order valence-electron chi connectivity index (χ3n) is 7.00. The molecule has 0 aliphatic carbocycles. The van der Waals surface area contributed by atoms with Crippen molar-refractivity contribution in [3.8, 4) is 17.2 Å². The number of ether oxygens (including phenoxy) is 1. The average molecular weight is 549 g/mol. The molecule has 0 saturated carbocycles. The molecule has 1 unspecified atom stereocenters. The number of benzene rings is 3. The summed E-state index contributed by atoms with van der Waals surface area (Å²) in [6.45, 7) is 3.89. The van der Waals surface area contributed by atoms with Crippen LogP contribution in [0.3, 0.4) is 0 Å². The fourth-order valence-corrected chi connectivity index (χ4v) is 5.79. The lowest BCUT2D eigenvalue weighted by Gasteiger charge is -2.35. The van der Waals surface area contributed by atoms with E-state index in [1.54, 1.807) is 30.3 Å². The average Bonchev–Trinajstić information content (AvgIpc) is 3.50. The molecule has 0 saturated heterocycles. The molecule has 4 aromatic rings. The van der Waals surface area contributed by atoms with Crippen LogP contribution in [-0.4, -0.2) is 33.8 Å². The van der Waals surface area contributed by atoms with E-state index in [1.165, 1.54) is 34.9 Å². The number of phenolic OH excluding ortho intramolecular Hbond substituents is 1. The second-order valence-corrected chi connectivity index (χ2v) is 10.3. The van der Waals surface area contributed by atoms with Gasteiger partial charge in [0.2, 0.25) is 0 Å². The number of aromatic nitrogens is 2. The minimum atomic E-state index is -1.67. The lowest BCUT2D eigenvalue weighted by atomic mass is 9.81. The van der Waals surface area contributed by atoms with Gasteiger partial charge in [-0.3, -0.25) is 14.5 Å². The van der Waals surface area contributed by atoms with E-state index in [-0.39, 0.29) is 23.0 Å². The Morgan fingerprint density at radius 2 is 1.71 bits per heavy atom. The highest BCUT2D eigenvalue weighted by Crippen LogP contribution is 2.56. The van der Waals surface area contributed by atoms with E-state index in [2.05, 4.69) is 5.32 Å². The highest BCUT2D eigenvalue weighted by Gasteiger charge is 2.64. The molecule has 3 heterocycles. The van der Waals surface area contributed by atoms with Crippen LogP contribution in [0.1, 0.15) is 47.1 Å². The molecule has 192 valence electrons. The lowest BCUT2D eigenvalue weighted by molar-refractivity contribution is -0.119. The summed E-state index contributed by atoms with van der Waals surface area (Å²) in [5, 5.41) is 19.4. The molecule has 8 nitrogen and oxygen atoms in total. The number of methoxy groups -OCH3 is 1. The van der Waals surface area contributed by atoms with Crippen molar-refractivity contribution >= 4 is 46.4 Å². The molecular formula is C28H22Cl2N4O4. The third kappa shape index (κ3) is 3.14. The Kier molecular flexibility index (Phi) is 5.45. The van der Waals surface area contributed by atoms with Crippen molar-refractivity contribution in [3.63, 3.8) is 0 Å². The summed E-state index contributed by atoms with van der Waals surface area (Å²) in [4.78, 5) is 30.0. The third-order valence-corrected chi connectivity index (χ3v) is 7.47. The van der Waals surface area contributed by atoms with Crippen LogP contribution in [0.15, 0.2) is 60.7 Å². The summed E-state index contributed by atoms with van der Waals surface area (Å²) < 4.78 is 7.11. The van der Waals surface area contributed by atoms with Gasteiger partial charge in [-0.1, -0.05) is 55.2 Å². The van der Waals surface area contributed by atoms with E-state index in [1.807, 2.05) is 26.0 Å². The molecule has 1 spiro atoms. The maximum atomic E-state index is 14.5. The van der Waals surface area contributed by atoms with Gasteiger partial charge in [0.15, 0.2) is 5.54 Å². The SMILES string of the molecule is COc1ccccc1-n1nc(C(C)C)c2c1C(=O)N(c1cc(Cl)ccc1O)C21C(=O)Nc2cc(Cl)ccc21. The molecule has 2 N–H and O–H groups in total. The van der Waals surface area contributed by atoms with Crippen LogP contribution >= 0.6 is 23.2 Å². The number of hydrogen-bond donors (Lipinski definition) is 2. The molecule has 38 heavy (non-hydrogen) atoms. The fraction of sp³-hybridized carbons (Fsp3) is 0.179. The second-order valence-electron chi connectivity index (χ2n) is 9.48. The minimum Gasteiger partial charge on any atom is -0.506 e. The highest BCUT2D eigenvalue weighted by molar-refractivity contribution is 6.32. The van der Waals surface area contributed by atoms with Gasteiger partial charge in [-0.2, -0.15) is 5.10 Å². The van der Waals surface area contributed by atoms with Crippen molar-refractivity contribution in [3.05, 3.63) is 93.2 Å². The van der Waals surface area contributed by atoms with Crippen LogP contribution in [0, 0.1) is 0 Å². The Morgan fingerprint density at radius 3 is 2.45 bits per heavy atom. The summed E-state index contributed by atoms with van der Waals surface area (Å²) in [5.41, 5.74) is 1.12. The number of hydrogen-bond acceptors (Lipinski definition) is 5. The molecule has 6 rings (SSSR count). The molecule has 0 radical (unpaired) electrons. The second kappa shape index (κ2) is 8.51. The van der Waals surface area contributed by atoms with Gasteiger partial charge >= 0.3 is 0 Å². The Labute approximate surface area is 228 Å². The number of amides is 2. The van der Waals surface area contributed by atoms with Gasteiger partial charge in [0.05, 0.1) is 18.5 Å². The number of carbonyl (C=O) groups excluding carboxylic acids is 2. The number of nitrogens with one attached hydrogen (secondary N) is 1. The van der Waals surface area contributed by atoms with Crippen LogP contribution in [0.25, 0.3) is 5.69 Å². The normalized spacial score (nSPS) is 17.8. The number of aromatic hydroxyl groups is 1. The summed E-state index contributed by atoms with van der Waals surface area (Å²) in [7, 11) is 1.54. The molecular weight excluding hydrogens is 527 g/mol. The van der Waals surface area contributed by atoms with Crippen molar-refractivity contribution in [1.29, 1.82) is 0 Å². The van der Waals surface area contributed by atoms with Gasteiger partial charge in [0.1, 0.15) is 22.9 Å². The molecule has 2 aliphatic heterocycles. The molecule has 2 aliphatic rings. The zero-order valence-corrected chi connectivity index (χ0v) is 22.1. The Morgan fingerprint density at radius 1 is 1.00 bits per heavy atom. The number of fused-ring (bicyclic) bond motifs is 4. The number of carbonyl (C=O) groups is 2. The van der Waals surface area contributed by atoms with E-state index >= 15 is 0 Å². The first-order valence-corrected chi connectivity index (χ1v) is 12.7. The minimum absolute atomic E-state index is 0.0953. The summed E-state index contributed by atoms with van der Waals surface area (Å²) >= 11 is 12.6. The van der Waals surface area contributed by atoms with Crippen molar-refractivity contribution in [2.24, 2.45) is 0 Å². The molecule has 1 aromatic heterocycles. The molecule has 2 amide bonds. The monoisotopic (exact) mass is 548 g/mol. The maximum absolute atomic E-state index is 14.5. The quantitative estimate of drug-likeness (QED) is 0.332. The van der Waals surface area contributed by atoms with Crippen LogP contribution in [0.2, 0.25) is 10.0 Å². The number of para-hydroxylation sites is 2. The topological polar surface area (TPSA) is 96.7 Å². The predicted octanol–water partition coefficient (Wildman–Crippen LogP) is 5.87. The van der Waals surface area contributed by atoms with Gasteiger partial charge in [0, 0.05) is 26.9 Å². The first kappa shape index (κ1) is 24.3. The van der Waals surface area contributed by atoms with Crippen molar-refractivity contribution < 1.29 is 19.4 Å². The summed E-state index contributed by atoms with van der Waals surface area (Å²) in [6.07, 6.45) is 0. The van der Waals surface area contributed by atoms with Gasteiger partial charge in [0.25, 0.3) is 11.8 Å². The van der Waals surface area contributed by atoms with E-state index in [0.717, 1.165) is 0 Å². The number of nitrogens with zero attached hydrogens (tertiary/aromatic N) is 3. The van der Waals surface area contributed by atoms with Gasteiger partial charge < -0.3 is 15.2 Å². The smallest absolute Gasteiger partial charge is 0.279 e. The van der Waals surface area contributed by atoms with Gasteiger partial charge in [-0.05, 0) is 48.4 Å². The largest absolute Gasteiger partial charge is 0.506 e. The van der Waals surface area contributed by atoms with Crippen molar-refractivity contribution in [1.82, 2.24) is 9.78 Å². The molecule has 3 aromatic carbocycles. The number of halogens is 2. The standard InChI is InChI=1S/C28H22Cl2N4O4/c1-14(2)24-23-25(34(32-24)19-6-4-5-7-22(19)38-3)26(36)33(20-13-16(30)9-11-21(20)35)28(23)17-10-8-15(29)12-18(17)31-27(28)37/h4-14,35H,1-3H3,(H,31,37). The van der Waals surface area contributed by atoms with Crippen molar-refractivity contribution in [2.45, 2.75) is 25.3 Å². The summed E-state index contributed by atoms with van der Waals surface area (Å²) in [6, 6.07) is 16.6. The van der Waals surface area contributed by atoms with Crippen LogP contribution < -0.4 is 15.0 Å². The van der Waals surface area contributed by atoms with Gasteiger partial charge in [-0.25, -0.2) is 4.68 Å². The highest BCUT2D eigenvalue weighted by atomic mass is 35.5. The van der Waals surface area contributed by atoms with E-state index < -0.39 is 17.4 Å². The molecule has 1 atom stereocenters. The van der Waals surface area contributed by atoms with E-state index in [4.69, 9.17) is 33.0 Å². The van der Waals surface area contributed by atoms with Crippen LogP contribution in [-0.2, 0) is 10.3 Å². The van der Waals surface area contributed by atoms with E-state index in [9.17, 15) is 14.7 Å². The molecule has 10 heteroatoms. The molecule has 0 fully saturated rings. The summed E-state index contributed by atoms with van der Waals surface area (Å²) in [5.74, 6) is -0.863. The maximum Gasteiger partial charge on any atom is 0.279 e. The van der Waals surface area contributed by atoms with Crippen molar-refractivity contribution in [2.75, 3.05) is 17.3 Å². The number of anilines is 2. The first-order chi connectivity index (χ1) is 18.2. The zero-order chi connectivity index (χ0) is 26.9. The zero-order valence-electron chi connectivity index (χ0n) is 20.6. The Bertz CT molecular complexity index is 1660. The Hall–Kier alpha value is -4.01. The number of rotatable bonds is 4. The number of phenols is 1.